The van der Waals surface area contributed by atoms with Crippen LogP contribution in [0.25, 0.3) is 22.1 Å². The Labute approximate surface area is 175 Å². The Morgan fingerprint density at radius 3 is 2.77 bits per heavy atom. The number of hydrogen-bond donors (Lipinski definition) is 2. The van der Waals surface area contributed by atoms with Crippen molar-refractivity contribution in [3.63, 3.8) is 0 Å². The number of aromatic nitrogens is 4. The van der Waals surface area contributed by atoms with Gasteiger partial charge in [0.05, 0.1) is 12.8 Å². The fraction of sp³-hybridized carbons (Fsp3) is 0.304. The van der Waals surface area contributed by atoms with Crippen LogP contribution >= 0.6 is 0 Å². The minimum Gasteiger partial charge on any atom is -0.494 e. The molecule has 0 amide bonds. The van der Waals surface area contributed by atoms with Gasteiger partial charge in [0, 0.05) is 10.9 Å². The number of H-pyrrole nitrogens is 1. The standard InChI is InChI=1S/C23H26N6O/c1-3-4-5-6-13-30-18-10-8-17(9-11-18)15-24-28-23-26-22-21(27-29-23)19-14-16(2)7-12-20(19)25-22/h7-12,14-15H,3-6,13H2,1-2H3,(H2,25,26,28,29)/b24-15+. The highest BCUT2D eigenvalue weighted by Crippen LogP contribution is 2.23. The largest absolute Gasteiger partial charge is 0.494 e. The van der Waals surface area contributed by atoms with Crippen LogP contribution in [0.15, 0.2) is 47.6 Å². The first kappa shape index (κ1) is 19.8. The van der Waals surface area contributed by atoms with Crippen LogP contribution in [-0.4, -0.2) is 33.0 Å². The molecule has 0 radical (unpaired) electrons. The fourth-order valence-corrected chi connectivity index (χ4v) is 3.27. The average molecular weight is 403 g/mol. The van der Waals surface area contributed by atoms with Gasteiger partial charge < -0.3 is 9.72 Å². The van der Waals surface area contributed by atoms with Crippen molar-refractivity contribution >= 4 is 34.2 Å². The van der Waals surface area contributed by atoms with E-state index in [0.717, 1.165) is 40.8 Å². The van der Waals surface area contributed by atoms with Crippen molar-refractivity contribution in [1.29, 1.82) is 0 Å². The first-order valence-electron chi connectivity index (χ1n) is 10.4. The first-order valence-corrected chi connectivity index (χ1v) is 10.4. The van der Waals surface area contributed by atoms with Crippen LogP contribution in [0.1, 0.15) is 43.7 Å². The molecule has 2 heterocycles. The summed E-state index contributed by atoms with van der Waals surface area (Å²) >= 11 is 0. The molecule has 7 nitrogen and oxygen atoms in total. The van der Waals surface area contributed by atoms with Gasteiger partial charge >= 0.3 is 0 Å². The first-order chi connectivity index (χ1) is 14.7. The summed E-state index contributed by atoms with van der Waals surface area (Å²) in [5, 5.41) is 13.7. The smallest absolute Gasteiger partial charge is 0.265 e. The molecule has 154 valence electrons. The lowest BCUT2D eigenvalue weighted by molar-refractivity contribution is 0.305. The molecule has 0 spiro atoms. The maximum absolute atomic E-state index is 5.76. The predicted molar refractivity (Wildman–Crippen MR) is 121 cm³/mol. The minimum atomic E-state index is 0.342. The molecule has 0 aliphatic heterocycles. The van der Waals surface area contributed by atoms with Crippen LogP contribution in [0, 0.1) is 6.92 Å². The summed E-state index contributed by atoms with van der Waals surface area (Å²) in [5.74, 6) is 1.22. The molecule has 7 heteroatoms. The summed E-state index contributed by atoms with van der Waals surface area (Å²) in [5.41, 5.74) is 7.40. The Hall–Kier alpha value is -3.48. The van der Waals surface area contributed by atoms with Crippen LogP contribution in [-0.2, 0) is 0 Å². The zero-order chi connectivity index (χ0) is 20.8. The molecule has 2 N–H and O–H groups in total. The van der Waals surface area contributed by atoms with Gasteiger partial charge in [-0.15, -0.1) is 10.2 Å². The van der Waals surface area contributed by atoms with Gasteiger partial charge in [0.2, 0.25) is 0 Å². The maximum atomic E-state index is 5.76. The molecule has 0 fully saturated rings. The number of hydrogen-bond acceptors (Lipinski definition) is 6. The number of aryl methyl sites for hydroxylation is 1. The highest BCUT2D eigenvalue weighted by Gasteiger charge is 2.08. The van der Waals surface area contributed by atoms with Crippen LogP contribution in [0.3, 0.4) is 0 Å². The quantitative estimate of drug-likeness (QED) is 0.228. The molecule has 4 aromatic rings. The summed E-state index contributed by atoms with van der Waals surface area (Å²) in [6.07, 6.45) is 6.52. The SMILES string of the molecule is CCCCCCOc1ccc(/C=N/Nc2nnc3c(n2)[nH]c2ccc(C)cc23)cc1. The van der Waals surface area contributed by atoms with E-state index in [1.54, 1.807) is 6.21 Å². The summed E-state index contributed by atoms with van der Waals surface area (Å²) in [4.78, 5) is 7.74. The Balaban J connectivity index is 1.35. The lowest BCUT2D eigenvalue weighted by Crippen LogP contribution is -1.99. The van der Waals surface area contributed by atoms with Crippen molar-refractivity contribution < 1.29 is 4.74 Å². The Morgan fingerprint density at radius 1 is 1.07 bits per heavy atom. The van der Waals surface area contributed by atoms with Crippen LogP contribution in [0.5, 0.6) is 5.75 Å². The number of aromatic amines is 1. The molecular formula is C23H26N6O. The van der Waals surface area contributed by atoms with Crippen LogP contribution in [0.2, 0.25) is 0 Å². The van der Waals surface area contributed by atoms with Crippen molar-refractivity contribution in [2.45, 2.75) is 39.5 Å². The monoisotopic (exact) mass is 402 g/mol. The number of fused-ring (bicyclic) bond motifs is 3. The van der Waals surface area contributed by atoms with E-state index < -0.39 is 0 Å². The molecule has 2 aromatic carbocycles. The Morgan fingerprint density at radius 2 is 1.93 bits per heavy atom. The summed E-state index contributed by atoms with van der Waals surface area (Å²) in [6.45, 7) is 5.02. The van der Waals surface area contributed by atoms with Gasteiger partial charge in [-0.2, -0.15) is 10.1 Å². The van der Waals surface area contributed by atoms with Gasteiger partial charge in [0.25, 0.3) is 5.95 Å². The zero-order valence-electron chi connectivity index (χ0n) is 17.4. The highest BCUT2D eigenvalue weighted by molar-refractivity contribution is 6.03. The van der Waals surface area contributed by atoms with E-state index in [9.17, 15) is 0 Å². The number of anilines is 1. The average Bonchev–Trinajstić information content (AvgIpc) is 3.11. The number of benzene rings is 2. The number of hydrazone groups is 1. The van der Waals surface area contributed by atoms with Crippen molar-refractivity contribution in [3.05, 3.63) is 53.6 Å². The van der Waals surface area contributed by atoms with Gasteiger partial charge in [0.15, 0.2) is 5.65 Å². The number of rotatable bonds is 9. The lowest BCUT2D eigenvalue weighted by atomic mass is 10.2. The lowest BCUT2D eigenvalue weighted by Gasteiger charge is -2.05. The number of nitrogens with zero attached hydrogens (tertiary/aromatic N) is 4. The maximum Gasteiger partial charge on any atom is 0.265 e. The Bertz CT molecular complexity index is 1150. The van der Waals surface area contributed by atoms with E-state index in [0.29, 0.717) is 11.6 Å². The van der Waals surface area contributed by atoms with Crippen molar-refractivity contribution in [2.75, 3.05) is 12.0 Å². The number of unbranched alkanes of at least 4 members (excludes halogenated alkanes) is 3. The molecule has 0 aliphatic carbocycles. The molecule has 0 aliphatic rings. The van der Waals surface area contributed by atoms with E-state index >= 15 is 0 Å². The molecular weight excluding hydrogens is 376 g/mol. The molecule has 30 heavy (non-hydrogen) atoms. The second kappa shape index (κ2) is 9.35. The summed E-state index contributed by atoms with van der Waals surface area (Å²) in [7, 11) is 0. The van der Waals surface area contributed by atoms with Crippen LogP contribution in [0.4, 0.5) is 5.95 Å². The molecule has 0 saturated heterocycles. The summed E-state index contributed by atoms with van der Waals surface area (Å²) < 4.78 is 5.76. The third-order valence-electron chi connectivity index (χ3n) is 4.89. The third-order valence-corrected chi connectivity index (χ3v) is 4.89. The van der Waals surface area contributed by atoms with E-state index in [4.69, 9.17) is 4.74 Å². The fourth-order valence-electron chi connectivity index (χ4n) is 3.27. The second-order valence-electron chi connectivity index (χ2n) is 7.35. The number of ether oxygens (including phenoxy) is 1. The zero-order valence-corrected chi connectivity index (χ0v) is 17.4. The van der Waals surface area contributed by atoms with Gasteiger partial charge in [-0.3, -0.25) is 0 Å². The molecule has 2 aromatic heterocycles. The van der Waals surface area contributed by atoms with E-state index in [1.807, 2.05) is 30.3 Å². The van der Waals surface area contributed by atoms with Crippen molar-refractivity contribution in [2.24, 2.45) is 5.10 Å². The Kier molecular flexibility index (Phi) is 6.17. The summed E-state index contributed by atoms with van der Waals surface area (Å²) in [6, 6.07) is 14.0. The third kappa shape index (κ3) is 4.74. The van der Waals surface area contributed by atoms with E-state index in [1.165, 1.54) is 24.8 Å². The molecule has 0 bridgehead atoms. The van der Waals surface area contributed by atoms with Gasteiger partial charge in [-0.05, 0) is 55.3 Å². The predicted octanol–water partition coefficient (Wildman–Crippen LogP) is 5.22. The molecule has 0 unspecified atom stereocenters. The van der Waals surface area contributed by atoms with Crippen LogP contribution < -0.4 is 10.2 Å². The van der Waals surface area contributed by atoms with E-state index in [2.05, 4.69) is 56.7 Å². The van der Waals surface area contributed by atoms with Gasteiger partial charge in [0.1, 0.15) is 11.3 Å². The molecule has 4 rings (SSSR count). The van der Waals surface area contributed by atoms with Gasteiger partial charge in [-0.25, -0.2) is 5.43 Å². The van der Waals surface area contributed by atoms with Crippen molar-refractivity contribution in [1.82, 2.24) is 20.2 Å². The molecule has 0 atom stereocenters. The topological polar surface area (TPSA) is 88.1 Å². The van der Waals surface area contributed by atoms with E-state index in [-0.39, 0.29) is 0 Å². The van der Waals surface area contributed by atoms with Gasteiger partial charge in [-0.1, -0.05) is 37.8 Å². The minimum absolute atomic E-state index is 0.342. The highest BCUT2D eigenvalue weighted by atomic mass is 16.5. The second-order valence-corrected chi connectivity index (χ2v) is 7.35. The number of nitrogens with one attached hydrogen (secondary N) is 2. The van der Waals surface area contributed by atoms with Crippen molar-refractivity contribution in [3.8, 4) is 5.75 Å². The molecule has 0 saturated carbocycles. The normalized spacial score (nSPS) is 11.5.